The molecular formula is C14H17N3O2. The zero-order valence-corrected chi connectivity index (χ0v) is 10.8. The minimum Gasteiger partial charge on any atom is -0.361 e. The first-order valence-electron chi connectivity index (χ1n) is 6.33. The van der Waals surface area contributed by atoms with Gasteiger partial charge in [0.05, 0.1) is 0 Å². The molecule has 3 N–H and O–H groups in total. The summed E-state index contributed by atoms with van der Waals surface area (Å²) in [4.78, 5) is 26.4. The van der Waals surface area contributed by atoms with Crippen LogP contribution in [0.2, 0.25) is 0 Å². The maximum atomic E-state index is 12.0. The summed E-state index contributed by atoms with van der Waals surface area (Å²) in [7, 11) is 0. The first-order chi connectivity index (χ1) is 9.22. The molecule has 0 saturated carbocycles. The van der Waals surface area contributed by atoms with E-state index in [2.05, 4.69) is 15.6 Å². The molecule has 1 aromatic carbocycles. The lowest BCUT2D eigenvalue weighted by Gasteiger charge is -2.06. The molecular weight excluding hydrogens is 242 g/mol. The van der Waals surface area contributed by atoms with E-state index in [1.54, 1.807) is 12.3 Å². The summed E-state index contributed by atoms with van der Waals surface area (Å²) in [6.07, 6.45) is 2.10. The summed E-state index contributed by atoms with van der Waals surface area (Å²) in [6, 6.07) is 7.39. The highest BCUT2D eigenvalue weighted by Gasteiger charge is 2.10. The van der Waals surface area contributed by atoms with Crippen molar-refractivity contribution < 1.29 is 9.59 Å². The second-order valence-corrected chi connectivity index (χ2v) is 4.20. The van der Waals surface area contributed by atoms with Crippen molar-refractivity contribution in [2.45, 2.75) is 13.3 Å². The fourth-order valence-electron chi connectivity index (χ4n) is 1.95. The van der Waals surface area contributed by atoms with Crippen LogP contribution in [0.5, 0.6) is 0 Å². The summed E-state index contributed by atoms with van der Waals surface area (Å²) in [5.74, 6) is -0.211. The Morgan fingerprint density at radius 2 is 2.05 bits per heavy atom. The van der Waals surface area contributed by atoms with Gasteiger partial charge < -0.3 is 15.6 Å². The Morgan fingerprint density at radius 3 is 2.84 bits per heavy atom. The van der Waals surface area contributed by atoms with Gasteiger partial charge in [0.15, 0.2) is 0 Å². The van der Waals surface area contributed by atoms with E-state index in [0.717, 1.165) is 10.9 Å². The van der Waals surface area contributed by atoms with Crippen LogP contribution in [0.25, 0.3) is 10.9 Å². The lowest BCUT2D eigenvalue weighted by molar-refractivity contribution is -0.120. The van der Waals surface area contributed by atoms with Crippen LogP contribution in [0.1, 0.15) is 23.7 Å². The van der Waals surface area contributed by atoms with Crippen molar-refractivity contribution in [1.29, 1.82) is 0 Å². The van der Waals surface area contributed by atoms with E-state index < -0.39 is 0 Å². The van der Waals surface area contributed by atoms with Crippen molar-refractivity contribution in [3.8, 4) is 0 Å². The Kier molecular flexibility index (Phi) is 4.18. The monoisotopic (exact) mass is 259 g/mol. The summed E-state index contributed by atoms with van der Waals surface area (Å²) >= 11 is 0. The van der Waals surface area contributed by atoms with E-state index in [1.807, 2.05) is 25.1 Å². The number of hydrogen-bond donors (Lipinski definition) is 3. The van der Waals surface area contributed by atoms with E-state index in [0.29, 0.717) is 25.1 Å². The van der Waals surface area contributed by atoms with Crippen LogP contribution in [-0.2, 0) is 4.79 Å². The Balaban J connectivity index is 1.97. The van der Waals surface area contributed by atoms with E-state index in [-0.39, 0.29) is 11.8 Å². The van der Waals surface area contributed by atoms with Gasteiger partial charge in [-0.3, -0.25) is 9.59 Å². The molecule has 0 unspecified atom stereocenters. The second kappa shape index (κ2) is 6.04. The predicted molar refractivity (Wildman–Crippen MR) is 73.9 cm³/mol. The third-order valence-electron chi connectivity index (χ3n) is 2.85. The highest BCUT2D eigenvalue weighted by molar-refractivity contribution is 6.06. The average molecular weight is 259 g/mol. The Morgan fingerprint density at radius 1 is 1.21 bits per heavy atom. The normalized spacial score (nSPS) is 10.4. The fourth-order valence-corrected chi connectivity index (χ4v) is 1.95. The molecule has 0 aliphatic rings. The second-order valence-electron chi connectivity index (χ2n) is 4.20. The van der Waals surface area contributed by atoms with E-state index in [4.69, 9.17) is 0 Å². The highest BCUT2D eigenvalue weighted by Crippen LogP contribution is 2.16. The van der Waals surface area contributed by atoms with Gasteiger partial charge in [-0.2, -0.15) is 0 Å². The van der Waals surface area contributed by atoms with E-state index >= 15 is 0 Å². The molecule has 5 nitrogen and oxygen atoms in total. The van der Waals surface area contributed by atoms with Crippen molar-refractivity contribution in [2.24, 2.45) is 0 Å². The highest BCUT2D eigenvalue weighted by atomic mass is 16.2. The molecule has 0 spiro atoms. The molecule has 2 amide bonds. The van der Waals surface area contributed by atoms with Crippen molar-refractivity contribution in [3.63, 3.8) is 0 Å². The minimum absolute atomic E-state index is 0.0531. The van der Waals surface area contributed by atoms with Crippen LogP contribution < -0.4 is 10.6 Å². The molecule has 0 saturated heterocycles. The van der Waals surface area contributed by atoms with Crippen LogP contribution in [0, 0.1) is 0 Å². The maximum absolute atomic E-state index is 12.0. The zero-order chi connectivity index (χ0) is 13.7. The molecule has 1 heterocycles. The van der Waals surface area contributed by atoms with Gasteiger partial charge in [0, 0.05) is 42.2 Å². The smallest absolute Gasteiger partial charge is 0.251 e. The molecule has 0 bridgehead atoms. The number of carbonyl (C=O) groups is 2. The quantitative estimate of drug-likeness (QED) is 0.759. The molecule has 0 fully saturated rings. The first kappa shape index (κ1) is 13.1. The molecule has 0 radical (unpaired) electrons. The number of H-pyrrole nitrogens is 1. The molecule has 5 heteroatoms. The first-order valence-corrected chi connectivity index (χ1v) is 6.33. The number of aromatic amines is 1. The number of nitrogens with one attached hydrogen (secondary N) is 3. The number of aromatic nitrogens is 1. The number of benzene rings is 1. The van der Waals surface area contributed by atoms with Gasteiger partial charge in [0.25, 0.3) is 5.91 Å². The number of fused-ring (bicyclic) bond motifs is 1. The van der Waals surface area contributed by atoms with Gasteiger partial charge in [-0.05, 0) is 25.1 Å². The van der Waals surface area contributed by atoms with Gasteiger partial charge in [0.1, 0.15) is 0 Å². The van der Waals surface area contributed by atoms with Crippen molar-refractivity contribution in [2.75, 3.05) is 13.1 Å². The van der Waals surface area contributed by atoms with Crippen molar-refractivity contribution in [1.82, 2.24) is 15.6 Å². The largest absolute Gasteiger partial charge is 0.361 e. The number of hydrogen-bond acceptors (Lipinski definition) is 2. The third-order valence-corrected chi connectivity index (χ3v) is 2.85. The molecule has 0 aliphatic heterocycles. The maximum Gasteiger partial charge on any atom is 0.251 e. The minimum atomic E-state index is -0.158. The van der Waals surface area contributed by atoms with Crippen LogP contribution in [0.15, 0.2) is 30.5 Å². The topological polar surface area (TPSA) is 74.0 Å². The molecule has 0 atom stereocenters. The molecule has 19 heavy (non-hydrogen) atoms. The van der Waals surface area contributed by atoms with Gasteiger partial charge in [-0.15, -0.1) is 0 Å². The standard InChI is InChI=1S/C14H17N3O2/c1-2-15-13(18)7-9-17-14(19)11-4-3-5-12-10(11)6-8-16-12/h3-6,8,16H,2,7,9H2,1H3,(H,15,18)(H,17,19). The lowest BCUT2D eigenvalue weighted by Crippen LogP contribution is -2.30. The van der Waals surface area contributed by atoms with Gasteiger partial charge >= 0.3 is 0 Å². The summed E-state index contributed by atoms with van der Waals surface area (Å²) in [5.41, 5.74) is 1.55. The molecule has 2 rings (SSSR count). The summed E-state index contributed by atoms with van der Waals surface area (Å²) in [5, 5.41) is 6.33. The molecule has 0 aliphatic carbocycles. The van der Waals surface area contributed by atoms with Crippen LogP contribution in [0.4, 0.5) is 0 Å². The van der Waals surface area contributed by atoms with E-state index in [9.17, 15) is 9.59 Å². The Hall–Kier alpha value is -2.30. The number of carbonyl (C=O) groups excluding carboxylic acids is 2. The van der Waals surface area contributed by atoms with Gasteiger partial charge in [0.2, 0.25) is 5.91 Å². The Bertz CT molecular complexity index is 589. The van der Waals surface area contributed by atoms with Gasteiger partial charge in [-0.1, -0.05) is 6.07 Å². The van der Waals surface area contributed by atoms with Crippen molar-refractivity contribution >= 4 is 22.7 Å². The summed E-state index contributed by atoms with van der Waals surface area (Å²) < 4.78 is 0. The molecule has 1 aromatic heterocycles. The van der Waals surface area contributed by atoms with E-state index in [1.165, 1.54) is 0 Å². The predicted octanol–water partition coefficient (Wildman–Crippen LogP) is 1.42. The van der Waals surface area contributed by atoms with Crippen molar-refractivity contribution in [3.05, 3.63) is 36.0 Å². The number of amides is 2. The molecule has 100 valence electrons. The SMILES string of the molecule is CCNC(=O)CCNC(=O)c1cccc2[nH]ccc12. The van der Waals surface area contributed by atoms with Crippen LogP contribution >= 0.6 is 0 Å². The number of rotatable bonds is 5. The average Bonchev–Trinajstić information content (AvgIpc) is 2.86. The zero-order valence-electron chi connectivity index (χ0n) is 10.8. The van der Waals surface area contributed by atoms with Crippen LogP contribution in [-0.4, -0.2) is 29.9 Å². The molecule has 2 aromatic rings. The Labute approximate surface area is 111 Å². The third kappa shape index (κ3) is 3.13. The van der Waals surface area contributed by atoms with Gasteiger partial charge in [-0.25, -0.2) is 0 Å². The fraction of sp³-hybridized carbons (Fsp3) is 0.286. The van der Waals surface area contributed by atoms with Crippen LogP contribution in [0.3, 0.4) is 0 Å². The lowest BCUT2D eigenvalue weighted by atomic mass is 10.1. The summed E-state index contributed by atoms with van der Waals surface area (Å²) in [6.45, 7) is 2.81.